The quantitative estimate of drug-likeness (QED) is 0.828. The Morgan fingerprint density at radius 3 is 2.58 bits per heavy atom. The summed E-state index contributed by atoms with van der Waals surface area (Å²) in [6.45, 7) is 4.60. The highest BCUT2D eigenvalue weighted by Gasteiger charge is 2.42. The molecule has 0 saturated heterocycles. The number of rotatable bonds is 5. The van der Waals surface area contributed by atoms with Crippen molar-refractivity contribution >= 4 is 17.7 Å². The second-order valence-electron chi connectivity index (χ2n) is 7.51. The van der Waals surface area contributed by atoms with E-state index in [2.05, 4.69) is 60.0 Å². The molecule has 3 nitrogen and oxygen atoms in total. The number of carbonyl (C=O) groups is 1. The molecule has 1 amide bonds. The van der Waals surface area contributed by atoms with Gasteiger partial charge in [0.15, 0.2) is 0 Å². The van der Waals surface area contributed by atoms with Gasteiger partial charge in [-0.1, -0.05) is 48.7 Å². The fourth-order valence-corrected chi connectivity index (χ4v) is 5.34. The van der Waals surface area contributed by atoms with Crippen LogP contribution in [0.2, 0.25) is 0 Å². The molecule has 0 atom stereocenters. The minimum atomic E-state index is -0.312. The molecule has 0 spiro atoms. The lowest BCUT2D eigenvalue weighted by Crippen LogP contribution is -2.41. The highest BCUT2D eigenvalue weighted by atomic mass is 32.2. The molecule has 4 heteroatoms. The van der Waals surface area contributed by atoms with Crippen molar-refractivity contribution in [3.8, 4) is 0 Å². The van der Waals surface area contributed by atoms with Crippen LogP contribution in [-0.2, 0) is 24.4 Å². The van der Waals surface area contributed by atoms with E-state index in [4.69, 9.17) is 0 Å². The van der Waals surface area contributed by atoms with E-state index in [0.29, 0.717) is 6.54 Å². The molecule has 2 aliphatic rings. The fourth-order valence-electron chi connectivity index (χ4n) is 3.95. The molecular weight excluding hydrogens is 340 g/mol. The summed E-state index contributed by atoms with van der Waals surface area (Å²) in [4.78, 5) is 14.3. The Balaban J connectivity index is 1.44. The SMILES string of the molecule is Cc1ccc(SC2(C(=O)NCc3ccc4c(c3)CNC4)CCCC2)cc1. The zero-order chi connectivity index (χ0) is 18.0. The number of benzene rings is 2. The fraction of sp³-hybridized carbons (Fsp3) is 0.409. The topological polar surface area (TPSA) is 41.1 Å². The van der Waals surface area contributed by atoms with Gasteiger partial charge in [-0.15, -0.1) is 11.8 Å². The minimum Gasteiger partial charge on any atom is -0.351 e. The number of carbonyl (C=O) groups excluding carboxylic acids is 1. The molecule has 2 aromatic carbocycles. The standard InChI is InChI=1S/C22H26N2OS/c1-16-4-8-20(9-5-16)26-22(10-2-3-11-22)21(25)24-13-17-6-7-18-14-23-15-19(18)12-17/h4-9,12,23H,2-3,10-11,13-15H2,1H3,(H,24,25). The molecule has 1 aliphatic carbocycles. The van der Waals surface area contributed by atoms with Gasteiger partial charge in [-0.25, -0.2) is 0 Å². The first kappa shape index (κ1) is 17.6. The highest BCUT2D eigenvalue weighted by Crippen LogP contribution is 2.45. The van der Waals surface area contributed by atoms with Crippen molar-refractivity contribution < 1.29 is 4.79 Å². The molecule has 1 aliphatic heterocycles. The first-order valence-electron chi connectivity index (χ1n) is 9.50. The Labute approximate surface area is 160 Å². The van der Waals surface area contributed by atoms with Crippen molar-refractivity contribution in [2.75, 3.05) is 0 Å². The number of nitrogens with one attached hydrogen (secondary N) is 2. The monoisotopic (exact) mass is 366 g/mol. The van der Waals surface area contributed by atoms with Crippen molar-refractivity contribution in [1.29, 1.82) is 0 Å². The second-order valence-corrected chi connectivity index (χ2v) is 8.96. The van der Waals surface area contributed by atoms with Crippen LogP contribution in [0.3, 0.4) is 0 Å². The lowest BCUT2D eigenvalue weighted by Gasteiger charge is -2.27. The largest absolute Gasteiger partial charge is 0.351 e. The summed E-state index contributed by atoms with van der Waals surface area (Å²) in [7, 11) is 0. The van der Waals surface area contributed by atoms with Gasteiger partial charge in [-0.2, -0.15) is 0 Å². The Bertz CT molecular complexity index is 794. The number of hydrogen-bond acceptors (Lipinski definition) is 3. The van der Waals surface area contributed by atoms with Crippen molar-refractivity contribution in [1.82, 2.24) is 10.6 Å². The molecule has 0 unspecified atom stereocenters. The van der Waals surface area contributed by atoms with Crippen LogP contribution >= 0.6 is 11.8 Å². The van der Waals surface area contributed by atoms with Gasteiger partial charge in [0.25, 0.3) is 0 Å². The summed E-state index contributed by atoms with van der Waals surface area (Å²) in [6, 6.07) is 15.1. The van der Waals surface area contributed by atoms with Gasteiger partial charge >= 0.3 is 0 Å². The predicted octanol–water partition coefficient (Wildman–Crippen LogP) is 4.32. The maximum Gasteiger partial charge on any atom is 0.236 e. The van der Waals surface area contributed by atoms with E-state index in [1.165, 1.54) is 27.1 Å². The zero-order valence-corrected chi connectivity index (χ0v) is 16.1. The van der Waals surface area contributed by atoms with Gasteiger partial charge in [0.1, 0.15) is 0 Å². The van der Waals surface area contributed by atoms with Crippen LogP contribution in [0, 0.1) is 6.92 Å². The van der Waals surface area contributed by atoms with E-state index >= 15 is 0 Å². The lowest BCUT2D eigenvalue weighted by molar-refractivity contribution is -0.123. The van der Waals surface area contributed by atoms with Gasteiger partial charge in [-0.3, -0.25) is 4.79 Å². The van der Waals surface area contributed by atoms with Gasteiger partial charge in [-0.05, 0) is 48.6 Å². The molecular formula is C22H26N2OS. The molecule has 26 heavy (non-hydrogen) atoms. The molecule has 2 N–H and O–H groups in total. The van der Waals surface area contributed by atoms with Crippen LogP contribution in [0.5, 0.6) is 0 Å². The molecule has 136 valence electrons. The molecule has 1 heterocycles. The highest BCUT2D eigenvalue weighted by molar-refractivity contribution is 8.01. The van der Waals surface area contributed by atoms with E-state index in [-0.39, 0.29) is 10.7 Å². The summed E-state index contributed by atoms with van der Waals surface area (Å²) < 4.78 is -0.312. The van der Waals surface area contributed by atoms with Crippen molar-refractivity contribution in [2.45, 2.75) is 61.9 Å². The summed E-state index contributed by atoms with van der Waals surface area (Å²) in [6.07, 6.45) is 4.20. The third-order valence-corrected chi connectivity index (χ3v) is 7.01. The Hall–Kier alpha value is -1.78. The number of amides is 1. The molecule has 1 saturated carbocycles. The Morgan fingerprint density at radius 1 is 1.08 bits per heavy atom. The third-order valence-electron chi connectivity index (χ3n) is 5.51. The maximum atomic E-state index is 13.1. The summed E-state index contributed by atoms with van der Waals surface area (Å²) in [5, 5.41) is 6.60. The van der Waals surface area contributed by atoms with Crippen LogP contribution in [0.25, 0.3) is 0 Å². The van der Waals surface area contributed by atoms with Crippen LogP contribution in [0.1, 0.15) is 47.9 Å². The number of aryl methyl sites for hydroxylation is 1. The minimum absolute atomic E-state index is 0.194. The van der Waals surface area contributed by atoms with Crippen LogP contribution < -0.4 is 10.6 Å². The number of thioether (sulfide) groups is 1. The molecule has 0 radical (unpaired) electrons. The average Bonchev–Trinajstić information content (AvgIpc) is 3.31. The van der Waals surface area contributed by atoms with Crippen LogP contribution in [0.4, 0.5) is 0 Å². The first-order valence-corrected chi connectivity index (χ1v) is 10.3. The molecule has 4 rings (SSSR count). The zero-order valence-electron chi connectivity index (χ0n) is 15.3. The summed E-state index contributed by atoms with van der Waals surface area (Å²) >= 11 is 1.75. The smallest absolute Gasteiger partial charge is 0.236 e. The van der Waals surface area contributed by atoms with E-state index in [0.717, 1.165) is 38.8 Å². The first-order chi connectivity index (χ1) is 12.6. The van der Waals surface area contributed by atoms with E-state index < -0.39 is 0 Å². The average molecular weight is 367 g/mol. The van der Waals surface area contributed by atoms with E-state index in [1.807, 2.05) is 0 Å². The number of fused-ring (bicyclic) bond motifs is 1. The molecule has 0 bridgehead atoms. The Kier molecular flexibility index (Phi) is 5.05. The van der Waals surface area contributed by atoms with Gasteiger partial charge in [0.05, 0.1) is 4.75 Å². The number of hydrogen-bond donors (Lipinski definition) is 2. The van der Waals surface area contributed by atoms with Crippen molar-refractivity contribution in [2.24, 2.45) is 0 Å². The summed E-state index contributed by atoms with van der Waals surface area (Å²) in [5.41, 5.74) is 5.18. The lowest BCUT2D eigenvalue weighted by atomic mass is 10.0. The van der Waals surface area contributed by atoms with Gasteiger partial charge < -0.3 is 10.6 Å². The molecule has 1 fully saturated rings. The van der Waals surface area contributed by atoms with Crippen LogP contribution in [0.15, 0.2) is 47.4 Å². The maximum absolute atomic E-state index is 13.1. The molecule has 0 aromatic heterocycles. The predicted molar refractivity (Wildman–Crippen MR) is 107 cm³/mol. The van der Waals surface area contributed by atoms with Crippen molar-refractivity contribution in [3.05, 3.63) is 64.7 Å². The van der Waals surface area contributed by atoms with E-state index in [9.17, 15) is 4.79 Å². The third kappa shape index (κ3) is 3.67. The normalized spacial score (nSPS) is 17.9. The summed E-state index contributed by atoms with van der Waals surface area (Å²) in [5.74, 6) is 0.194. The van der Waals surface area contributed by atoms with Crippen LogP contribution in [-0.4, -0.2) is 10.7 Å². The van der Waals surface area contributed by atoms with Crippen molar-refractivity contribution in [3.63, 3.8) is 0 Å². The van der Waals surface area contributed by atoms with E-state index in [1.54, 1.807) is 11.8 Å². The van der Waals surface area contributed by atoms with Gasteiger partial charge in [0, 0.05) is 24.5 Å². The molecule has 2 aromatic rings. The van der Waals surface area contributed by atoms with Gasteiger partial charge in [0.2, 0.25) is 5.91 Å². The second kappa shape index (κ2) is 7.45. The Morgan fingerprint density at radius 2 is 1.81 bits per heavy atom.